The van der Waals surface area contributed by atoms with Crippen molar-refractivity contribution in [3.05, 3.63) is 68.8 Å². The summed E-state index contributed by atoms with van der Waals surface area (Å²) in [5.74, 6) is -0.570. The number of halogens is 3. The molecule has 0 bridgehead atoms. The number of hydrogen-bond donors (Lipinski definition) is 1. The van der Waals surface area contributed by atoms with E-state index in [4.69, 9.17) is 35.4 Å². The number of anilines is 1. The summed E-state index contributed by atoms with van der Waals surface area (Å²) in [6, 6.07) is 11.1. The number of amides is 1. The van der Waals surface area contributed by atoms with Crippen LogP contribution in [0.4, 0.5) is 10.1 Å². The van der Waals surface area contributed by atoms with E-state index in [-0.39, 0.29) is 18.4 Å². The van der Waals surface area contributed by atoms with Crippen molar-refractivity contribution in [3.63, 3.8) is 0 Å². The van der Waals surface area contributed by atoms with Crippen LogP contribution in [-0.2, 0) is 4.79 Å². The molecule has 1 N–H and O–H groups in total. The van der Waals surface area contributed by atoms with Gasteiger partial charge in [0.15, 0.2) is 0 Å². The zero-order chi connectivity index (χ0) is 18.0. The molecule has 3 rings (SSSR count). The molecule has 0 aromatic heterocycles. The molecule has 1 amide bonds. The van der Waals surface area contributed by atoms with Gasteiger partial charge in [-0.15, -0.1) is 0 Å². The predicted molar refractivity (Wildman–Crippen MR) is 106 cm³/mol. The summed E-state index contributed by atoms with van der Waals surface area (Å²) in [7, 11) is 0. The molecule has 0 aliphatic carbocycles. The number of carbonyl (C=O) groups is 1. The molecule has 2 aromatic rings. The number of carbonyl (C=O) groups excluding carboxylic acids is 1. The third kappa shape index (κ3) is 4.33. The fourth-order valence-electron chi connectivity index (χ4n) is 2.16. The molecule has 3 nitrogen and oxygen atoms in total. The molecule has 8 heteroatoms. The van der Waals surface area contributed by atoms with E-state index in [9.17, 15) is 9.18 Å². The molecule has 2 aromatic carbocycles. The number of nitrogens with zero attached hydrogens (tertiary/aromatic N) is 1. The number of rotatable bonds is 4. The van der Waals surface area contributed by atoms with Crippen molar-refractivity contribution in [1.29, 1.82) is 0 Å². The highest BCUT2D eigenvalue weighted by molar-refractivity contribution is 8.26. The maximum atomic E-state index is 13.2. The van der Waals surface area contributed by atoms with Gasteiger partial charge in [0, 0.05) is 5.69 Å². The summed E-state index contributed by atoms with van der Waals surface area (Å²) in [6.45, 7) is 0.160. The lowest BCUT2D eigenvalue weighted by Crippen LogP contribution is -2.33. The predicted octanol–water partition coefficient (Wildman–Crippen LogP) is 5.40. The molecule has 1 aliphatic rings. The van der Waals surface area contributed by atoms with Crippen LogP contribution in [0.25, 0.3) is 6.08 Å². The van der Waals surface area contributed by atoms with E-state index in [0.717, 1.165) is 5.56 Å². The molecule has 25 heavy (non-hydrogen) atoms. The van der Waals surface area contributed by atoms with Gasteiger partial charge in [-0.2, -0.15) is 0 Å². The van der Waals surface area contributed by atoms with Crippen molar-refractivity contribution in [2.75, 3.05) is 12.0 Å². The monoisotopic (exact) mass is 412 g/mol. The van der Waals surface area contributed by atoms with Crippen LogP contribution in [0.15, 0.2) is 47.4 Å². The van der Waals surface area contributed by atoms with Gasteiger partial charge in [0.1, 0.15) is 10.1 Å². The van der Waals surface area contributed by atoms with Crippen molar-refractivity contribution in [2.45, 2.75) is 0 Å². The van der Waals surface area contributed by atoms with Crippen molar-refractivity contribution in [3.8, 4) is 0 Å². The fraction of sp³-hybridized carbons (Fsp3) is 0.0588. The van der Waals surface area contributed by atoms with Crippen LogP contribution in [0.3, 0.4) is 0 Å². The molecule has 1 aliphatic heterocycles. The Labute approximate surface area is 163 Å². The van der Waals surface area contributed by atoms with Crippen molar-refractivity contribution in [1.82, 2.24) is 4.90 Å². The molecular weight excluding hydrogens is 402 g/mol. The van der Waals surface area contributed by atoms with Gasteiger partial charge in [-0.1, -0.05) is 59.3 Å². The summed E-state index contributed by atoms with van der Waals surface area (Å²) in [6.07, 6.45) is 1.71. The van der Waals surface area contributed by atoms with Crippen molar-refractivity contribution < 1.29 is 9.18 Å². The maximum Gasteiger partial charge on any atom is 0.267 e. The van der Waals surface area contributed by atoms with Gasteiger partial charge in [0.25, 0.3) is 5.91 Å². The quantitative estimate of drug-likeness (QED) is 0.537. The Kier molecular flexibility index (Phi) is 5.64. The zero-order valence-electron chi connectivity index (χ0n) is 12.6. The lowest BCUT2D eigenvalue weighted by atomic mass is 10.2. The van der Waals surface area contributed by atoms with E-state index < -0.39 is 0 Å². The molecule has 0 radical (unpaired) electrons. The molecule has 1 heterocycles. The molecule has 1 fully saturated rings. The number of nitrogens with one attached hydrogen (secondary N) is 1. The van der Waals surface area contributed by atoms with Crippen LogP contribution >= 0.6 is 47.2 Å². The second-order valence-corrected chi connectivity index (χ2v) is 7.62. The molecule has 0 saturated carbocycles. The van der Waals surface area contributed by atoms with E-state index >= 15 is 0 Å². The maximum absolute atomic E-state index is 13.2. The lowest BCUT2D eigenvalue weighted by Gasteiger charge is -2.16. The Morgan fingerprint density at radius 2 is 2.00 bits per heavy atom. The van der Waals surface area contributed by atoms with Gasteiger partial charge in [0.05, 0.1) is 21.6 Å². The minimum absolute atomic E-state index is 0.160. The summed E-state index contributed by atoms with van der Waals surface area (Å²) in [4.78, 5) is 14.5. The second kappa shape index (κ2) is 7.74. The highest BCUT2D eigenvalue weighted by Crippen LogP contribution is 2.33. The zero-order valence-corrected chi connectivity index (χ0v) is 15.8. The van der Waals surface area contributed by atoms with Crippen LogP contribution in [0.5, 0.6) is 0 Å². The Hall–Kier alpha value is -1.60. The number of thiocarbonyl (C=S) groups is 1. The SMILES string of the molecule is O=C1/C(=C\c2ccc(Cl)c(Cl)c2)SC(=S)N1CNc1cccc(F)c1. The second-order valence-electron chi connectivity index (χ2n) is 5.13. The third-order valence-corrected chi connectivity index (χ3v) is 5.50. The van der Waals surface area contributed by atoms with Crippen LogP contribution < -0.4 is 5.32 Å². The van der Waals surface area contributed by atoms with Gasteiger partial charge >= 0.3 is 0 Å². The van der Waals surface area contributed by atoms with Gasteiger partial charge < -0.3 is 5.32 Å². The summed E-state index contributed by atoms with van der Waals surface area (Å²) >= 11 is 18.4. The Balaban J connectivity index is 1.73. The minimum Gasteiger partial charge on any atom is -0.367 e. The molecule has 128 valence electrons. The summed E-state index contributed by atoms with van der Waals surface area (Å²) < 4.78 is 13.6. The number of thioether (sulfide) groups is 1. The summed E-state index contributed by atoms with van der Waals surface area (Å²) in [5, 5.41) is 3.85. The topological polar surface area (TPSA) is 32.3 Å². The van der Waals surface area contributed by atoms with Crippen molar-refractivity contribution >= 4 is 69.2 Å². The molecule has 0 unspecified atom stereocenters. The lowest BCUT2D eigenvalue weighted by molar-refractivity contribution is -0.121. The fourth-order valence-corrected chi connectivity index (χ4v) is 3.72. The van der Waals surface area contributed by atoms with Gasteiger partial charge in [-0.05, 0) is 42.0 Å². The highest BCUT2D eigenvalue weighted by atomic mass is 35.5. The average Bonchev–Trinajstić information content (AvgIpc) is 2.83. The first-order valence-electron chi connectivity index (χ1n) is 7.14. The molecule has 1 saturated heterocycles. The van der Waals surface area contributed by atoms with E-state index in [1.54, 1.807) is 36.4 Å². The molecule has 0 spiro atoms. The number of hydrogen-bond acceptors (Lipinski definition) is 4. The average molecular weight is 413 g/mol. The van der Waals surface area contributed by atoms with E-state index in [0.29, 0.717) is 25.0 Å². The Morgan fingerprint density at radius 1 is 1.20 bits per heavy atom. The number of benzene rings is 2. The summed E-state index contributed by atoms with van der Waals surface area (Å²) in [5.41, 5.74) is 1.33. The van der Waals surface area contributed by atoms with Crippen LogP contribution in [0, 0.1) is 5.82 Å². The van der Waals surface area contributed by atoms with E-state index in [2.05, 4.69) is 5.32 Å². The minimum atomic E-state index is -0.352. The van der Waals surface area contributed by atoms with Crippen molar-refractivity contribution in [2.24, 2.45) is 0 Å². The molecule has 0 atom stereocenters. The normalized spacial score (nSPS) is 16.0. The highest BCUT2D eigenvalue weighted by Gasteiger charge is 2.31. The largest absolute Gasteiger partial charge is 0.367 e. The standard InChI is InChI=1S/C17H11Cl2FN2OS2/c18-13-5-4-10(6-14(13)19)7-15-16(23)22(17(24)25-15)9-21-12-3-1-2-11(20)8-12/h1-8,21H,9H2/b15-7+. The van der Waals surface area contributed by atoms with E-state index in [1.807, 2.05) is 0 Å². The molecular formula is C17H11Cl2FN2OS2. The van der Waals surface area contributed by atoms with E-state index in [1.165, 1.54) is 28.8 Å². The third-order valence-electron chi connectivity index (χ3n) is 3.38. The first kappa shape index (κ1) is 18.2. The van der Waals surface area contributed by atoms with Gasteiger partial charge in [-0.3, -0.25) is 9.69 Å². The first-order chi connectivity index (χ1) is 11.9. The smallest absolute Gasteiger partial charge is 0.267 e. The van der Waals surface area contributed by atoms with Crippen LogP contribution in [-0.4, -0.2) is 21.8 Å². The van der Waals surface area contributed by atoms with Gasteiger partial charge in [0.2, 0.25) is 0 Å². The Bertz CT molecular complexity index is 889. The Morgan fingerprint density at radius 3 is 2.72 bits per heavy atom. The van der Waals surface area contributed by atoms with Crippen LogP contribution in [0.2, 0.25) is 10.0 Å². The first-order valence-corrected chi connectivity index (χ1v) is 9.12. The van der Waals surface area contributed by atoms with Crippen LogP contribution in [0.1, 0.15) is 5.56 Å². The van der Waals surface area contributed by atoms with Gasteiger partial charge in [-0.25, -0.2) is 4.39 Å².